The molecule has 4 heteroatoms. The fourth-order valence-electron chi connectivity index (χ4n) is 1.71. The zero-order valence-electron chi connectivity index (χ0n) is 10.5. The maximum absolute atomic E-state index is 11.8. The topological polar surface area (TPSA) is 42.2 Å². The Kier molecular flexibility index (Phi) is 6.12. The lowest BCUT2D eigenvalue weighted by atomic mass is 10.1. The molecule has 0 saturated heterocycles. The molecule has 1 aromatic rings. The van der Waals surface area contributed by atoms with Crippen LogP contribution in [0.5, 0.6) is 0 Å². The quantitative estimate of drug-likeness (QED) is 0.750. The average molecular weight is 258 g/mol. The first kappa shape index (κ1) is 14.1. The highest BCUT2D eigenvalue weighted by Gasteiger charge is 2.14. The van der Waals surface area contributed by atoms with Gasteiger partial charge in [-0.2, -0.15) is 0 Å². The summed E-state index contributed by atoms with van der Waals surface area (Å²) in [7, 11) is 0. The van der Waals surface area contributed by atoms with E-state index in [1.54, 1.807) is 6.07 Å². The van der Waals surface area contributed by atoms with Gasteiger partial charge in [0.25, 0.3) is 5.91 Å². The predicted octanol–water partition coefficient (Wildman–Crippen LogP) is 4.02. The summed E-state index contributed by atoms with van der Waals surface area (Å²) in [6.07, 6.45) is 7.28. The molecule has 0 spiro atoms. The molecule has 1 aromatic heterocycles. The predicted molar refractivity (Wildman–Crippen MR) is 69.4 cm³/mol. The van der Waals surface area contributed by atoms with E-state index < -0.39 is 0 Å². The van der Waals surface area contributed by atoms with Crippen molar-refractivity contribution >= 4 is 17.5 Å². The number of amides is 1. The fourth-order valence-corrected chi connectivity index (χ4v) is 1.91. The van der Waals surface area contributed by atoms with Crippen molar-refractivity contribution in [3.63, 3.8) is 0 Å². The summed E-state index contributed by atoms with van der Waals surface area (Å²) in [5.74, 6) is -0.160. The smallest absolute Gasteiger partial charge is 0.256 e. The second kappa shape index (κ2) is 7.38. The molecule has 1 atom stereocenters. The second-order valence-corrected chi connectivity index (χ2v) is 4.68. The summed E-state index contributed by atoms with van der Waals surface area (Å²) >= 11 is 5.74. The van der Waals surface area contributed by atoms with Crippen LogP contribution in [0, 0.1) is 0 Å². The summed E-state index contributed by atoms with van der Waals surface area (Å²) in [4.78, 5) is 11.8. The summed E-state index contributed by atoms with van der Waals surface area (Å²) in [5, 5.41) is 3.07. The van der Waals surface area contributed by atoms with Crippen molar-refractivity contribution in [1.82, 2.24) is 5.32 Å². The maximum Gasteiger partial charge on any atom is 0.256 e. The van der Waals surface area contributed by atoms with Crippen LogP contribution in [0.15, 0.2) is 16.7 Å². The molecule has 0 aromatic carbocycles. The number of nitrogens with one attached hydrogen (secondary N) is 1. The molecule has 1 rings (SSSR count). The molecule has 17 heavy (non-hydrogen) atoms. The SMILES string of the molecule is CCCCCCC(C)NC(=O)c1ccoc1Cl. The average Bonchev–Trinajstić information content (AvgIpc) is 2.71. The molecule has 1 amide bonds. The Labute approximate surface area is 108 Å². The molecule has 1 unspecified atom stereocenters. The van der Waals surface area contributed by atoms with Crippen LogP contribution in [0.4, 0.5) is 0 Å². The van der Waals surface area contributed by atoms with Gasteiger partial charge in [0.2, 0.25) is 5.22 Å². The van der Waals surface area contributed by atoms with Crippen molar-refractivity contribution in [2.24, 2.45) is 0 Å². The Balaban J connectivity index is 2.29. The van der Waals surface area contributed by atoms with Crippen molar-refractivity contribution in [2.45, 2.75) is 52.0 Å². The van der Waals surface area contributed by atoms with E-state index in [1.807, 2.05) is 6.92 Å². The number of furan rings is 1. The summed E-state index contributed by atoms with van der Waals surface area (Å²) in [5.41, 5.74) is 0.409. The largest absolute Gasteiger partial charge is 0.452 e. The van der Waals surface area contributed by atoms with Crippen molar-refractivity contribution in [1.29, 1.82) is 0 Å². The highest BCUT2D eigenvalue weighted by atomic mass is 35.5. The molecule has 3 nitrogen and oxygen atoms in total. The lowest BCUT2D eigenvalue weighted by Gasteiger charge is -2.12. The van der Waals surface area contributed by atoms with E-state index in [0.29, 0.717) is 5.56 Å². The van der Waals surface area contributed by atoms with Crippen LogP contribution in [-0.4, -0.2) is 11.9 Å². The van der Waals surface area contributed by atoms with Gasteiger partial charge in [0.15, 0.2) is 0 Å². The van der Waals surface area contributed by atoms with E-state index in [9.17, 15) is 4.79 Å². The molecule has 0 radical (unpaired) electrons. The van der Waals surface area contributed by atoms with Crippen molar-refractivity contribution < 1.29 is 9.21 Å². The lowest BCUT2D eigenvalue weighted by molar-refractivity contribution is 0.0937. The van der Waals surface area contributed by atoms with E-state index in [1.165, 1.54) is 25.5 Å². The third kappa shape index (κ3) is 4.82. The molecule has 1 heterocycles. The minimum Gasteiger partial charge on any atom is -0.452 e. The fraction of sp³-hybridized carbons (Fsp3) is 0.615. The van der Waals surface area contributed by atoms with Crippen LogP contribution in [0.25, 0.3) is 0 Å². The minimum absolute atomic E-state index is 0.153. The summed E-state index contributed by atoms with van der Waals surface area (Å²) in [6.45, 7) is 4.20. The van der Waals surface area contributed by atoms with Gasteiger partial charge in [0.05, 0.1) is 11.8 Å². The Morgan fingerprint density at radius 2 is 2.24 bits per heavy atom. The first-order valence-electron chi connectivity index (χ1n) is 6.19. The van der Waals surface area contributed by atoms with Gasteiger partial charge >= 0.3 is 0 Å². The molecule has 0 fully saturated rings. The van der Waals surface area contributed by atoms with Crippen molar-refractivity contribution in [3.05, 3.63) is 23.1 Å². The minimum atomic E-state index is -0.160. The second-order valence-electron chi connectivity index (χ2n) is 4.33. The molecule has 0 aliphatic carbocycles. The zero-order valence-corrected chi connectivity index (χ0v) is 11.2. The molecule has 96 valence electrons. The molecular formula is C13H20ClNO2. The Bertz CT molecular complexity index is 349. The van der Waals surface area contributed by atoms with Crippen LogP contribution < -0.4 is 5.32 Å². The van der Waals surface area contributed by atoms with Gasteiger partial charge in [0.1, 0.15) is 0 Å². The van der Waals surface area contributed by atoms with Gasteiger partial charge in [-0.05, 0) is 31.0 Å². The van der Waals surface area contributed by atoms with Gasteiger partial charge in [-0.15, -0.1) is 0 Å². The monoisotopic (exact) mass is 257 g/mol. The number of carbonyl (C=O) groups excluding carboxylic acids is 1. The van der Waals surface area contributed by atoms with Crippen LogP contribution in [0.1, 0.15) is 56.3 Å². The molecule has 0 bridgehead atoms. The standard InChI is InChI=1S/C13H20ClNO2/c1-3-4-5-6-7-10(2)15-13(16)11-8-9-17-12(11)14/h8-10H,3-7H2,1-2H3,(H,15,16). The van der Waals surface area contributed by atoms with Crippen molar-refractivity contribution in [2.75, 3.05) is 0 Å². The first-order valence-corrected chi connectivity index (χ1v) is 6.56. The van der Waals surface area contributed by atoms with E-state index in [4.69, 9.17) is 16.0 Å². The van der Waals surface area contributed by atoms with Crippen LogP contribution in [-0.2, 0) is 0 Å². The van der Waals surface area contributed by atoms with E-state index >= 15 is 0 Å². The third-order valence-corrected chi connectivity index (χ3v) is 3.02. The van der Waals surface area contributed by atoms with Gasteiger partial charge < -0.3 is 9.73 Å². The Morgan fingerprint density at radius 3 is 2.82 bits per heavy atom. The Hall–Kier alpha value is -0.960. The highest BCUT2D eigenvalue weighted by Crippen LogP contribution is 2.16. The molecule has 0 saturated carbocycles. The number of rotatable bonds is 7. The maximum atomic E-state index is 11.8. The number of unbranched alkanes of at least 4 members (excludes halogenated alkanes) is 3. The van der Waals surface area contributed by atoms with Gasteiger partial charge in [-0.3, -0.25) is 4.79 Å². The molecule has 0 aliphatic rings. The lowest BCUT2D eigenvalue weighted by Crippen LogP contribution is -2.32. The number of halogens is 1. The van der Waals surface area contributed by atoms with E-state index in [2.05, 4.69) is 12.2 Å². The van der Waals surface area contributed by atoms with E-state index in [-0.39, 0.29) is 17.2 Å². The van der Waals surface area contributed by atoms with Crippen LogP contribution >= 0.6 is 11.6 Å². The van der Waals surface area contributed by atoms with Crippen LogP contribution in [0.2, 0.25) is 5.22 Å². The molecule has 0 aliphatic heterocycles. The van der Waals surface area contributed by atoms with Gasteiger partial charge in [-0.1, -0.05) is 32.6 Å². The first-order chi connectivity index (χ1) is 8.15. The van der Waals surface area contributed by atoms with Gasteiger partial charge in [-0.25, -0.2) is 0 Å². The molecular weight excluding hydrogens is 238 g/mol. The zero-order chi connectivity index (χ0) is 12.7. The highest BCUT2D eigenvalue weighted by molar-refractivity contribution is 6.32. The number of hydrogen-bond acceptors (Lipinski definition) is 2. The van der Waals surface area contributed by atoms with E-state index in [0.717, 1.165) is 12.8 Å². The Morgan fingerprint density at radius 1 is 1.47 bits per heavy atom. The third-order valence-electron chi connectivity index (χ3n) is 2.73. The molecule has 1 N–H and O–H groups in total. The normalized spacial score (nSPS) is 12.4. The summed E-state index contributed by atoms with van der Waals surface area (Å²) < 4.78 is 4.88. The van der Waals surface area contributed by atoms with Crippen molar-refractivity contribution in [3.8, 4) is 0 Å². The van der Waals surface area contributed by atoms with Crippen LogP contribution in [0.3, 0.4) is 0 Å². The number of carbonyl (C=O) groups is 1. The number of hydrogen-bond donors (Lipinski definition) is 1. The summed E-state index contributed by atoms with van der Waals surface area (Å²) in [6, 6.07) is 1.76. The van der Waals surface area contributed by atoms with Gasteiger partial charge in [0, 0.05) is 6.04 Å².